The van der Waals surface area contributed by atoms with E-state index in [0.29, 0.717) is 0 Å². The van der Waals surface area contributed by atoms with Crippen LogP contribution < -0.4 is 5.32 Å². The molecule has 3 saturated heterocycles. The molecule has 0 spiro atoms. The number of nitrogens with zero attached hydrogens (tertiary/aromatic N) is 2. The van der Waals surface area contributed by atoms with Gasteiger partial charge in [0.1, 0.15) is 0 Å². The molecule has 2 unspecified atom stereocenters. The summed E-state index contributed by atoms with van der Waals surface area (Å²) in [4.78, 5) is 5.46. The van der Waals surface area contributed by atoms with Crippen molar-refractivity contribution in [1.29, 1.82) is 0 Å². The second kappa shape index (κ2) is 6.60. The third kappa shape index (κ3) is 3.41. The second-order valence-electron chi connectivity index (χ2n) is 6.00. The lowest BCUT2D eigenvalue weighted by atomic mass is 10.2. The molecule has 3 aliphatic heterocycles. The SMILES string of the molecule is C1CC2CN(CCC3CSCCN3)CCCN2C1. The molecular weight excluding hydrogens is 242 g/mol. The highest BCUT2D eigenvalue weighted by molar-refractivity contribution is 7.99. The van der Waals surface area contributed by atoms with E-state index in [-0.39, 0.29) is 0 Å². The molecule has 0 aromatic heterocycles. The summed E-state index contributed by atoms with van der Waals surface area (Å²) in [6.07, 6.45) is 5.59. The van der Waals surface area contributed by atoms with Crippen LogP contribution in [0.2, 0.25) is 0 Å². The molecule has 0 radical (unpaired) electrons. The fraction of sp³-hybridized carbons (Fsp3) is 1.00. The van der Waals surface area contributed by atoms with Crippen LogP contribution in [0, 0.1) is 0 Å². The highest BCUT2D eigenvalue weighted by Crippen LogP contribution is 2.21. The van der Waals surface area contributed by atoms with Gasteiger partial charge < -0.3 is 10.2 Å². The minimum absolute atomic E-state index is 0.770. The first-order valence-electron chi connectivity index (χ1n) is 7.69. The molecular formula is C14H27N3S. The van der Waals surface area contributed by atoms with Gasteiger partial charge in [-0.1, -0.05) is 0 Å². The molecule has 0 aromatic rings. The van der Waals surface area contributed by atoms with Gasteiger partial charge in [0.25, 0.3) is 0 Å². The normalized spacial score (nSPS) is 35.3. The number of hydrogen-bond acceptors (Lipinski definition) is 4. The zero-order valence-electron chi connectivity index (χ0n) is 11.4. The summed E-state index contributed by atoms with van der Waals surface area (Å²) < 4.78 is 0. The Hall–Kier alpha value is 0.230. The third-order valence-corrected chi connectivity index (χ3v) is 5.81. The van der Waals surface area contributed by atoms with Gasteiger partial charge in [-0.25, -0.2) is 0 Å². The minimum Gasteiger partial charge on any atom is -0.312 e. The van der Waals surface area contributed by atoms with Crippen LogP contribution >= 0.6 is 11.8 Å². The van der Waals surface area contributed by atoms with E-state index in [9.17, 15) is 0 Å². The van der Waals surface area contributed by atoms with E-state index in [2.05, 4.69) is 26.9 Å². The summed E-state index contributed by atoms with van der Waals surface area (Å²) in [7, 11) is 0. The van der Waals surface area contributed by atoms with Crippen LogP contribution in [0.1, 0.15) is 25.7 Å². The van der Waals surface area contributed by atoms with Crippen molar-refractivity contribution < 1.29 is 0 Å². The molecule has 1 N–H and O–H groups in total. The smallest absolute Gasteiger partial charge is 0.0223 e. The van der Waals surface area contributed by atoms with E-state index >= 15 is 0 Å². The Morgan fingerprint density at radius 2 is 2.11 bits per heavy atom. The van der Waals surface area contributed by atoms with E-state index < -0.39 is 0 Å². The molecule has 3 aliphatic rings. The Kier molecular flexibility index (Phi) is 4.85. The third-order valence-electron chi connectivity index (χ3n) is 4.68. The van der Waals surface area contributed by atoms with Crippen LogP contribution in [0.15, 0.2) is 0 Å². The van der Waals surface area contributed by atoms with Crippen molar-refractivity contribution in [3.05, 3.63) is 0 Å². The van der Waals surface area contributed by atoms with Crippen molar-refractivity contribution in [2.75, 3.05) is 50.8 Å². The van der Waals surface area contributed by atoms with Gasteiger partial charge in [-0.15, -0.1) is 0 Å². The molecule has 104 valence electrons. The van der Waals surface area contributed by atoms with Crippen LogP contribution in [0.4, 0.5) is 0 Å². The molecule has 4 heteroatoms. The molecule has 3 rings (SSSR count). The average molecular weight is 269 g/mol. The summed E-state index contributed by atoms with van der Waals surface area (Å²) in [5.74, 6) is 2.63. The molecule has 2 atom stereocenters. The molecule has 3 fully saturated rings. The zero-order valence-corrected chi connectivity index (χ0v) is 12.3. The Morgan fingerprint density at radius 3 is 3.00 bits per heavy atom. The van der Waals surface area contributed by atoms with Crippen LogP contribution in [0.3, 0.4) is 0 Å². The van der Waals surface area contributed by atoms with Gasteiger partial charge >= 0.3 is 0 Å². The monoisotopic (exact) mass is 269 g/mol. The summed E-state index contributed by atoms with van der Waals surface area (Å²) in [6.45, 7) is 7.89. The van der Waals surface area contributed by atoms with Crippen LogP contribution in [0.5, 0.6) is 0 Å². The van der Waals surface area contributed by atoms with E-state index in [4.69, 9.17) is 0 Å². The Bertz CT molecular complexity index is 255. The van der Waals surface area contributed by atoms with Gasteiger partial charge in [0.2, 0.25) is 0 Å². The number of nitrogens with one attached hydrogen (secondary N) is 1. The first-order chi connectivity index (χ1) is 8.92. The van der Waals surface area contributed by atoms with Gasteiger partial charge in [0.05, 0.1) is 0 Å². The Labute approximate surface area is 116 Å². The standard InChI is InChI=1S/C14H27N3S/c1-3-14-11-16(6-2-8-17(14)7-1)9-4-13-12-18-10-5-15-13/h13-15H,1-12H2. The van der Waals surface area contributed by atoms with Gasteiger partial charge in [-0.05, 0) is 51.9 Å². The van der Waals surface area contributed by atoms with Gasteiger partial charge in [0.15, 0.2) is 0 Å². The van der Waals surface area contributed by atoms with Crippen molar-refractivity contribution in [2.45, 2.75) is 37.8 Å². The topological polar surface area (TPSA) is 18.5 Å². The average Bonchev–Trinajstić information content (AvgIpc) is 2.76. The summed E-state index contributed by atoms with van der Waals surface area (Å²) in [5, 5.41) is 3.66. The molecule has 0 saturated carbocycles. The summed E-state index contributed by atoms with van der Waals surface area (Å²) in [5.41, 5.74) is 0. The predicted octanol–water partition coefficient (Wildman–Crippen LogP) is 1.25. The molecule has 3 heterocycles. The largest absolute Gasteiger partial charge is 0.312 e. The van der Waals surface area contributed by atoms with Gasteiger partial charge in [-0.3, -0.25) is 4.90 Å². The molecule has 0 aliphatic carbocycles. The molecule has 0 aromatic carbocycles. The minimum atomic E-state index is 0.770. The van der Waals surface area contributed by atoms with Crippen LogP contribution in [-0.4, -0.2) is 72.7 Å². The number of rotatable bonds is 3. The summed E-state index contributed by atoms with van der Waals surface area (Å²) >= 11 is 2.12. The zero-order chi connectivity index (χ0) is 12.2. The predicted molar refractivity (Wildman–Crippen MR) is 79.4 cm³/mol. The highest BCUT2D eigenvalue weighted by atomic mass is 32.2. The van der Waals surface area contributed by atoms with Gasteiger partial charge in [0, 0.05) is 36.7 Å². The second-order valence-corrected chi connectivity index (χ2v) is 7.15. The molecule has 18 heavy (non-hydrogen) atoms. The summed E-state index contributed by atoms with van der Waals surface area (Å²) in [6, 6.07) is 1.65. The Balaban J connectivity index is 1.43. The van der Waals surface area contributed by atoms with Crippen molar-refractivity contribution in [3.63, 3.8) is 0 Å². The maximum Gasteiger partial charge on any atom is 0.0223 e. The highest BCUT2D eigenvalue weighted by Gasteiger charge is 2.28. The van der Waals surface area contributed by atoms with E-state index in [0.717, 1.165) is 12.1 Å². The fourth-order valence-electron chi connectivity index (χ4n) is 3.63. The maximum atomic E-state index is 3.66. The molecule has 3 nitrogen and oxygen atoms in total. The first kappa shape index (κ1) is 13.2. The lowest BCUT2D eigenvalue weighted by molar-refractivity contribution is 0.214. The maximum absolute atomic E-state index is 3.66. The fourth-order valence-corrected chi connectivity index (χ4v) is 4.63. The number of fused-ring (bicyclic) bond motifs is 1. The van der Waals surface area contributed by atoms with E-state index in [1.165, 1.54) is 76.5 Å². The Morgan fingerprint density at radius 1 is 1.17 bits per heavy atom. The molecule has 0 amide bonds. The van der Waals surface area contributed by atoms with E-state index in [1.807, 2.05) is 0 Å². The van der Waals surface area contributed by atoms with Crippen molar-refractivity contribution in [3.8, 4) is 0 Å². The van der Waals surface area contributed by atoms with Crippen molar-refractivity contribution in [1.82, 2.24) is 15.1 Å². The van der Waals surface area contributed by atoms with Crippen LogP contribution in [-0.2, 0) is 0 Å². The lowest BCUT2D eigenvalue weighted by Crippen LogP contribution is -2.42. The number of hydrogen-bond donors (Lipinski definition) is 1. The lowest BCUT2D eigenvalue weighted by Gasteiger charge is -2.28. The molecule has 0 bridgehead atoms. The van der Waals surface area contributed by atoms with Crippen molar-refractivity contribution in [2.24, 2.45) is 0 Å². The first-order valence-corrected chi connectivity index (χ1v) is 8.85. The number of thioether (sulfide) groups is 1. The quantitative estimate of drug-likeness (QED) is 0.831. The van der Waals surface area contributed by atoms with Crippen LogP contribution in [0.25, 0.3) is 0 Å². The van der Waals surface area contributed by atoms with E-state index in [1.54, 1.807) is 0 Å². The van der Waals surface area contributed by atoms with Crippen molar-refractivity contribution >= 4 is 11.8 Å². The van der Waals surface area contributed by atoms with Gasteiger partial charge in [-0.2, -0.15) is 11.8 Å².